The van der Waals surface area contributed by atoms with Crippen LogP contribution in [0.1, 0.15) is 21.5 Å². The fraction of sp³-hybridized carbons (Fsp3) is 0.278. The zero-order valence-corrected chi connectivity index (χ0v) is 15.1. The molecule has 0 aromatic heterocycles. The van der Waals surface area contributed by atoms with E-state index in [4.69, 9.17) is 9.47 Å². The Morgan fingerprint density at radius 1 is 1.04 bits per heavy atom. The highest BCUT2D eigenvalue weighted by molar-refractivity contribution is 7.98. The van der Waals surface area contributed by atoms with Gasteiger partial charge in [-0.15, -0.1) is 11.8 Å². The smallest absolute Gasteiger partial charge is 0.260 e. The molecule has 0 aliphatic carbocycles. The predicted octanol–water partition coefficient (Wildman–Crippen LogP) is 4.17. The molecule has 0 unspecified atom stereocenters. The van der Waals surface area contributed by atoms with E-state index in [1.807, 2.05) is 42.7 Å². The topological polar surface area (TPSA) is 35.5 Å². The van der Waals surface area contributed by atoms with Gasteiger partial charge in [0.15, 0.2) is 0 Å². The lowest BCUT2D eigenvalue weighted by molar-refractivity contribution is -0.176. The van der Waals surface area contributed by atoms with Crippen LogP contribution in [0.2, 0.25) is 0 Å². The number of hydrogen-bond acceptors (Lipinski definition) is 5. The van der Waals surface area contributed by atoms with E-state index in [1.54, 1.807) is 23.9 Å². The third kappa shape index (κ3) is 3.63. The minimum atomic E-state index is -1.45. The van der Waals surface area contributed by atoms with Gasteiger partial charge >= 0.3 is 0 Å². The molecule has 0 fully saturated rings. The second-order valence-electron chi connectivity index (χ2n) is 4.94. The third-order valence-electron chi connectivity index (χ3n) is 3.74. The summed E-state index contributed by atoms with van der Waals surface area (Å²) in [7, 11) is 2.96. The Labute approximate surface area is 146 Å². The molecule has 0 radical (unpaired) electrons. The van der Waals surface area contributed by atoms with Gasteiger partial charge in [-0.05, 0) is 24.0 Å². The van der Waals surface area contributed by atoms with Gasteiger partial charge in [0.2, 0.25) is 5.78 Å². The second kappa shape index (κ2) is 8.02. The molecule has 5 heteroatoms. The molecule has 2 aromatic rings. The van der Waals surface area contributed by atoms with E-state index < -0.39 is 5.79 Å². The maximum Gasteiger partial charge on any atom is 0.260 e. The van der Waals surface area contributed by atoms with Crippen LogP contribution < -0.4 is 0 Å². The van der Waals surface area contributed by atoms with Crippen molar-refractivity contribution in [1.29, 1.82) is 0 Å². The van der Waals surface area contributed by atoms with Crippen molar-refractivity contribution in [2.75, 3.05) is 20.5 Å². The summed E-state index contributed by atoms with van der Waals surface area (Å²) < 4.78 is 11.1. The highest BCUT2D eigenvalue weighted by Gasteiger charge is 2.41. The van der Waals surface area contributed by atoms with Crippen LogP contribution in [-0.4, -0.2) is 26.3 Å². The molecule has 0 atom stereocenters. The monoisotopic (exact) mass is 348 g/mol. The normalized spacial score (nSPS) is 11.5. The first-order valence-corrected chi connectivity index (χ1v) is 8.96. The first kappa shape index (κ1) is 18.1. The van der Waals surface area contributed by atoms with Crippen molar-refractivity contribution in [3.8, 4) is 0 Å². The van der Waals surface area contributed by atoms with Crippen LogP contribution >= 0.6 is 24.4 Å². The summed E-state index contributed by atoms with van der Waals surface area (Å²) in [5.74, 6) is -1.05. The SMILES string of the molecule is COC(OC)(C(=O)c1ccc(CS)cc1)c1ccc(SC)cc1. The van der Waals surface area contributed by atoms with E-state index in [1.165, 1.54) is 14.2 Å². The highest BCUT2D eigenvalue weighted by Crippen LogP contribution is 2.31. The zero-order valence-electron chi connectivity index (χ0n) is 13.4. The average Bonchev–Trinajstić information content (AvgIpc) is 2.63. The Morgan fingerprint density at radius 3 is 2.04 bits per heavy atom. The zero-order chi connectivity index (χ0) is 16.9. The molecule has 0 aliphatic rings. The Morgan fingerprint density at radius 2 is 1.61 bits per heavy atom. The largest absolute Gasteiger partial charge is 0.343 e. The van der Waals surface area contributed by atoms with Crippen LogP contribution in [0.5, 0.6) is 0 Å². The minimum absolute atomic E-state index is 0.231. The quantitative estimate of drug-likeness (QED) is 0.353. The van der Waals surface area contributed by atoms with E-state index >= 15 is 0 Å². The number of methoxy groups -OCH3 is 2. The number of ketones is 1. The van der Waals surface area contributed by atoms with Gasteiger partial charge in [-0.25, -0.2) is 0 Å². The number of benzene rings is 2. The lowest BCUT2D eigenvalue weighted by Gasteiger charge is -2.30. The molecule has 0 amide bonds. The van der Waals surface area contributed by atoms with Gasteiger partial charge in [-0.3, -0.25) is 4.79 Å². The average molecular weight is 348 g/mol. The third-order valence-corrected chi connectivity index (χ3v) is 4.85. The maximum absolute atomic E-state index is 13.0. The Kier molecular flexibility index (Phi) is 6.30. The van der Waals surface area contributed by atoms with E-state index in [0.29, 0.717) is 16.9 Å². The van der Waals surface area contributed by atoms with Crippen molar-refractivity contribution in [2.45, 2.75) is 16.4 Å². The molecule has 0 heterocycles. The second-order valence-corrected chi connectivity index (χ2v) is 6.13. The van der Waals surface area contributed by atoms with Gasteiger partial charge in [0.1, 0.15) is 0 Å². The predicted molar refractivity (Wildman–Crippen MR) is 97.4 cm³/mol. The Balaban J connectivity index is 2.43. The number of carbonyl (C=O) groups excluding carboxylic acids is 1. The summed E-state index contributed by atoms with van der Waals surface area (Å²) in [6, 6.07) is 14.9. The molecule has 0 bridgehead atoms. The number of hydrogen-bond donors (Lipinski definition) is 1. The van der Waals surface area contributed by atoms with Crippen LogP contribution in [0, 0.1) is 0 Å². The molecule has 0 saturated heterocycles. The molecule has 0 aliphatic heterocycles. The van der Waals surface area contributed by atoms with E-state index in [2.05, 4.69) is 12.6 Å². The van der Waals surface area contributed by atoms with Gasteiger partial charge in [0.25, 0.3) is 5.79 Å². The van der Waals surface area contributed by atoms with Gasteiger partial charge in [0, 0.05) is 36.0 Å². The summed E-state index contributed by atoms with van der Waals surface area (Å²) in [5, 5.41) is 0. The first-order chi connectivity index (χ1) is 11.1. The molecular weight excluding hydrogens is 328 g/mol. The Hall–Kier alpha value is -1.27. The summed E-state index contributed by atoms with van der Waals surface area (Å²) in [5.41, 5.74) is 2.26. The van der Waals surface area contributed by atoms with Gasteiger partial charge < -0.3 is 9.47 Å². The molecule has 23 heavy (non-hydrogen) atoms. The van der Waals surface area contributed by atoms with Gasteiger partial charge in [-0.2, -0.15) is 12.6 Å². The Bertz CT molecular complexity index is 647. The van der Waals surface area contributed by atoms with E-state index in [-0.39, 0.29) is 5.78 Å². The van der Waals surface area contributed by atoms with Crippen molar-refractivity contribution in [1.82, 2.24) is 0 Å². The summed E-state index contributed by atoms with van der Waals surface area (Å²) in [4.78, 5) is 14.1. The lowest BCUT2D eigenvalue weighted by Crippen LogP contribution is -2.40. The summed E-state index contributed by atoms with van der Waals surface area (Å²) >= 11 is 5.87. The van der Waals surface area contributed by atoms with E-state index in [9.17, 15) is 4.79 Å². The molecule has 0 saturated carbocycles. The molecule has 2 aromatic carbocycles. The highest BCUT2D eigenvalue weighted by atomic mass is 32.2. The number of rotatable bonds is 7. The summed E-state index contributed by atoms with van der Waals surface area (Å²) in [6.45, 7) is 0. The number of thiol groups is 1. The maximum atomic E-state index is 13.0. The van der Waals surface area contributed by atoms with Crippen molar-refractivity contribution in [3.05, 3.63) is 65.2 Å². The molecule has 122 valence electrons. The molecule has 0 N–H and O–H groups in total. The van der Waals surface area contributed by atoms with Crippen LogP contribution in [0.25, 0.3) is 0 Å². The molecule has 2 rings (SSSR count). The number of ether oxygens (including phenoxy) is 2. The van der Waals surface area contributed by atoms with Crippen LogP contribution in [0.15, 0.2) is 53.4 Å². The van der Waals surface area contributed by atoms with E-state index in [0.717, 1.165) is 10.5 Å². The van der Waals surface area contributed by atoms with Crippen LogP contribution in [0.4, 0.5) is 0 Å². The van der Waals surface area contributed by atoms with Gasteiger partial charge in [0.05, 0.1) is 0 Å². The summed E-state index contributed by atoms with van der Waals surface area (Å²) in [6.07, 6.45) is 2.00. The first-order valence-electron chi connectivity index (χ1n) is 7.10. The lowest BCUT2D eigenvalue weighted by atomic mass is 9.95. The standard InChI is InChI=1S/C18H20O3S2/c1-20-18(21-2,15-8-10-16(23-3)11-9-15)17(19)14-6-4-13(12-22)5-7-14/h4-11,22H,12H2,1-3H3. The molecule has 3 nitrogen and oxygen atoms in total. The fourth-order valence-electron chi connectivity index (χ4n) is 2.40. The van der Waals surface area contributed by atoms with Crippen molar-refractivity contribution in [2.24, 2.45) is 0 Å². The van der Waals surface area contributed by atoms with Crippen molar-refractivity contribution >= 4 is 30.2 Å². The fourth-order valence-corrected chi connectivity index (χ4v) is 3.02. The van der Waals surface area contributed by atoms with Crippen LogP contribution in [-0.2, 0) is 21.0 Å². The minimum Gasteiger partial charge on any atom is -0.343 e. The van der Waals surface area contributed by atoms with Gasteiger partial charge in [-0.1, -0.05) is 36.4 Å². The number of Topliss-reactive ketones (excluding diaryl/α,β-unsaturated/α-hetero) is 1. The number of thioether (sulfide) groups is 1. The molecular formula is C18H20O3S2. The molecule has 0 spiro atoms. The van der Waals surface area contributed by atoms with Crippen LogP contribution in [0.3, 0.4) is 0 Å². The number of carbonyl (C=O) groups is 1. The van der Waals surface area contributed by atoms with Crippen molar-refractivity contribution < 1.29 is 14.3 Å². The van der Waals surface area contributed by atoms with Crippen molar-refractivity contribution in [3.63, 3.8) is 0 Å².